The van der Waals surface area contributed by atoms with Gasteiger partial charge in [-0.25, -0.2) is 4.79 Å². The number of nitrogens with one attached hydrogen (secondary N) is 2. The fraction of sp³-hybridized carbons (Fsp3) is 0.312. The normalized spacial score (nSPS) is 9.96. The molecule has 0 spiro atoms. The van der Waals surface area contributed by atoms with Crippen LogP contribution in [-0.4, -0.2) is 29.0 Å². The van der Waals surface area contributed by atoms with E-state index in [-0.39, 0.29) is 6.03 Å². The molecule has 7 nitrogen and oxygen atoms in total. The number of nitriles is 1. The zero-order chi connectivity index (χ0) is 16.7. The van der Waals surface area contributed by atoms with Gasteiger partial charge >= 0.3 is 6.03 Å². The van der Waals surface area contributed by atoms with E-state index in [0.29, 0.717) is 31.0 Å². The molecule has 1 aromatic heterocycles. The number of rotatable bonds is 6. The maximum atomic E-state index is 11.7. The third-order valence-corrected chi connectivity index (χ3v) is 3.17. The van der Waals surface area contributed by atoms with Gasteiger partial charge in [0.1, 0.15) is 12.4 Å². The average molecular weight is 313 g/mol. The highest BCUT2D eigenvalue weighted by Gasteiger charge is 2.04. The van der Waals surface area contributed by atoms with Crippen molar-refractivity contribution in [1.29, 1.82) is 5.26 Å². The first-order valence-corrected chi connectivity index (χ1v) is 7.22. The lowest BCUT2D eigenvalue weighted by molar-refractivity contribution is 0.236. The van der Waals surface area contributed by atoms with Crippen LogP contribution in [0.5, 0.6) is 5.75 Å². The lowest BCUT2D eigenvalue weighted by atomic mass is 10.2. The van der Waals surface area contributed by atoms with Gasteiger partial charge in [-0.05, 0) is 37.3 Å². The molecular weight excluding hydrogens is 294 g/mol. The van der Waals surface area contributed by atoms with Crippen LogP contribution in [0.1, 0.15) is 17.0 Å². The number of aromatic nitrogens is 2. The van der Waals surface area contributed by atoms with Crippen LogP contribution in [-0.2, 0) is 13.6 Å². The standard InChI is InChI=1S/C16H19N5O2/c1-12-9-14(21(2)20-12)11-19-16(22)18-7-8-23-15-5-3-13(10-17)4-6-15/h3-6,9H,7-8,11H2,1-2H3,(H2,18,19,22). The summed E-state index contributed by atoms with van der Waals surface area (Å²) in [7, 11) is 1.84. The summed E-state index contributed by atoms with van der Waals surface area (Å²) in [6.07, 6.45) is 0. The summed E-state index contributed by atoms with van der Waals surface area (Å²) in [5, 5.41) is 18.4. The van der Waals surface area contributed by atoms with E-state index < -0.39 is 0 Å². The molecule has 0 aliphatic carbocycles. The lowest BCUT2D eigenvalue weighted by Gasteiger charge is -2.09. The van der Waals surface area contributed by atoms with Crippen LogP contribution in [0.2, 0.25) is 0 Å². The van der Waals surface area contributed by atoms with Crippen molar-refractivity contribution < 1.29 is 9.53 Å². The average Bonchev–Trinajstić information content (AvgIpc) is 2.88. The first-order valence-electron chi connectivity index (χ1n) is 7.22. The van der Waals surface area contributed by atoms with Crippen molar-refractivity contribution in [1.82, 2.24) is 20.4 Å². The molecule has 2 rings (SSSR count). The number of amides is 2. The number of hydrogen-bond acceptors (Lipinski definition) is 4. The highest BCUT2D eigenvalue weighted by molar-refractivity contribution is 5.73. The van der Waals surface area contributed by atoms with Crippen LogP contribution in [0, 0.1) is 18.3 Å². The topological polar surface area (TPSA) is 92.0 Å². The summed E-state index contributed by atoms with van der Waals surface area (Å²) in [5.41, 5.74) is 2.44. The third-order valence-electron chi connectivity index (χ3n) is 3.17. The molecule has 0 aliphatic rings. The van der Waals surface area contributed by atoms with Crippen LogP contribution < -0.4 is 15.4 Å². The lowest BCUT2D eigenvalue weighted by Crippen LogP contribution is -2.37. The Balaban J connectivity index is 1.64. The molecule has 0 saturated carbocycles. The second kappa shape index (κ2) is 7.84. The molecule has 0 aliphatic heterocycles. The highest BCUT2D eigenvalue weighted by Crippen LogP contribution is 2.10. The third kappa shape index (κ3) is 5.04. The Morgan fingerprint density at radius 2 is 2.09 bits per heavy atom. The van der Waals surface area contributed by atoms with Crippen LogP contribution >= 0.6 is 0 Å². The number of carbonyl (C=O) groups excluding carboxylic acids is 1. The van der Waals surface area contributed by atoms with Gasteiger partial charge < -0.3 is 15.4 Å². The SMILES string of the molecule is Cc1cc(CNC(=O)NCCOc2ccc(C#N)cc2)n(C)n1. The van der Waals surface area contributed by atoms with E-state index in [1.165, 1.54) is 0 Å². The van der Waals surface area contributed by atoms with E-state index in [9.17, 15) is 4.79 Å². The predicted molar refractivity (Wildman–Crippen MR) is 84.8 cm³/mol. The van der Waals surface area contributed by atoms with Gasteiger partial charge in [0, 0.05) is 7.05 Å². The minimum atomic E-state index is -0.257. The minimum absolute atomic E-state index is 0.257. The number of ether oxygens (including phenoxy) is 1. The molecule has 1 heterocycles. The molecule has 1 aromatic carbocycles. The molecule has 0 saturated heterocycles. The number of urea groups is 1. The van der Waals surface area contributed by atoms with E-state index >= 15 is 0 Å². The first kappa shape index (κ1) is 16.4. The minimum Gasteiger partial charge on any atom is -0.492 e. The van der Waals surface area contributed by atoms with Gasteiger partial charge in [-0.15, -0.1) is 0 Å². The summed E-state index contributed by atoms with van der Waals surface area (Å²) >= 11 is 0. The summed E-state index contributed by atoms with van der Waals surface area (Å²) < 4.78 is 7.21. The monoisotopic (exact) mass is 313 g/mol. The first-order chi connectivity index (χ1) is 11.1. The van der Waals surface area contributed by atoms with Crippen LogP contribution in [0.3, 0.4) is 0 Å². The largest absolute Gasteiger partial charge is 0.492 e. The van der Waals surface area contributed by atoms with Crippen molar-refractivity contribution in [2.45, 2.75) is 13.5 Å². The van der Waals surface area contributed by atoms with Crippen LogP contribution in [0.25, 0.3) is 0 Å². The van der Waals surface area contributed by atoms with Crippen molar-refractivity contribution in [3.8, 4) is 11.8 Å². The molecule has 0 bridgehead atoms. The Hall–Kier alpha value is -3.01. The van der Waals surface area contributed by atoms with E-state index in [1.54, 1.807) is 28.9 Å². The number of carbonyl (C=O) groups is 1. The number of aryl methyl sites for hydroxylation is 2. The van der Waals surface area contributed by atoms with E-state index in [0.717, 1.165) is 11.4 Å². The van der Waals surface area contributed by atoms with Gasteiger partial charge in [0.15, 0.2) is 0 Å². The predicted octanol–water partition coefficient (Wildman–Crippen LogP) is 1.48. The summed E-state index contributed by atoms with van der Waals surface area (Å²) in [4.78, 5) is 11.7. The molecular formula is C16H19N5O2. The van der Waals surface area contributed by atoms with Gasteiger partial charge in [-0.3, -0.25) is 4.68 Å². The molecule has 0 radical (unpaired) electrons. The number of nitrogens with zero attached hydrogens (tertiary/aromatic N) is 3. The Bertz CT molecular complexity index is 700. The van der Waals surface area contributed by atoms with Gasteiger partial charge in [-0.1, -0.05) is 0 Å². The molecule has 2 aromatic rings. The number of benzene rings is 1. The molecule has 0 fully saturated rings. The van der Waals surface area contributed by atoms with Crippen molar-refractivity contribution >= 4 is 6.03 Å². The maximum absolute atomic E-state index is 11.7. The Morgan fingerprint density at radius 3 is 2.70 bits per heavy atom. The van der Waals surface area contributed by atoms with Crippen molar-refractivity contribution in [2.24, 2.45) is 7.05 Å². The Labute approximate surface area is 134 Å². The smallest absolute Gasteiger partial charge is 0.315 e. The Kier molecular flexibility index (Phi) is 5.58. The van der Waals surface area contributed by atoms with Crippen LogP contribution in [0.4, 0.5) is 4.79 Å². The zero-order valence-electron chi connectivity index (χ0n) is 13.2. The van der Waals surface area contributed by atoms with Crippen molar-refractivity contribution in [2.75, 3.05) is 13.2 Å². The number of hydrogen-bond donors (Lipinski definition) is 2. The van der Waals surface area contributed by atoms with E-state index in [2.05, 4.69) is 15.7 Å². The van der Waals surface area contributed by atoms with E-state index in [1.807, 2.05) is 26.1 Å². The molecule has 0 atom stereocenters. The second-order valence-corrected chi connectivity index (χ2v) is 4.99. The zero-order valence-corrected chi connectivity index (χ0v) is 13.2. The fourth-order valence-electron chi connectivity index (χ4n) is 2.02. The summed E-state index contributed by atoms with van der Waals surface area (Å²) in [6, 6.07) is 10.5. The van der Waals surface area contributed by atoms with Crippen molar-refractivity contribution in [3.63, 3.8) is 0 Å². The molecule has 0 unspecified atom stereocenters. The molecule has 120 valence electrons. The van der Waals surface area contributed by atoms with Gasteiger partial charge in [0.25, 0.3) is 0 Å². The van der Waals surface area contributed by atoms with Gasteiger partial charge in [-0.2, -0.15) is 10.4 Å². The molecule has 2 amide bonds. The van der Waals surface area contributed by atoms with Gasteiger partial charge in [0.2, 0.25) is 0 Å². The highest BCUT2D eigenvalue weighted by atomic mass is 16.5. The maximum Gasteiger partial charge on any atom is 0.315 e. The fourth-order valence-corrected chi connectivity index (χ4v) is 2.02. The quantitative estimate of drug-likeness (QED) is 0.790. The molecule has 2 N–H and O–H groups in total. The summed E-state index contributed by atoms with van der Waals surface area (Å²) in [5.74, 6) is 0.663. The van der Waals surface area contributed by atoms with Gasteiger partial charge in [0.05, 0.1) is 36.1 Å². The molecule has 7 heteroatoms. The van der Waals surface area contributed by atoms with E-state index in [4.69, 9.17) is 10.00 Å². The Morgan fingerprint density at radius 1 is 1.35 bits per heavy atom. The van der Waals surface area contributed by atoms with Crippen LogP contribution in [0.15, 0.2) is 30.3 Å². The molecule has 23 heavy (non-hydrogen) atoms. The summed E-state index contributed by atoms with van der Waals surface area (Å²) in [6.45, 7) is 3.06. The van der Waals surface area contributed by atoms with Crippen molar-refractivity contribution in [3.05, 3.63) is 47.3 Å². The second-order valence-electron chi connectivity index (χ2n) is 4.99.